The van der Waals surface area contributed by atoms with E-state index in [2.05, 4.69) is 103 Å². The average molecular weight is 425 g/mol. The van der Waals surface area contributed by atoms with Gasteiger partial charge in [0, 0.05) is 0 Å². The van der Waals surface area contributed by atoms with E-state index in [4.69, 9.17) is 14.6 Å². The first-order valence-electron chi connectivity index (χ1n) is 10.9. The molecule has 0 fully saturated rings. The second-order valence-corrected chi connectivity index (χ2v) is 7.56. The Balaban J connectivity index is 1.78. The molecule has 0 atom stereocenters. The lowest BCUT2D eigenvalue weighted by Crippen LogP contribution is -2.30. The van der Waals surface area contributed by atoms with Gasteiger partial charge >= 0.3 is 0 Å². The smallest absolute Gasteiger partial charge is 0.119 e. The fraction of sp³-hybridized carbons (Fsp3) is 0.172. The van der Waals surface area contributed by atoms with Crippen LogP contribution in [0, 0.1) is 0 Å². The van der Waals surface area contributed by atoms with Gasteiger partial charge in [-0.2, -0.15) is 0 Å². The van der Waals surface area contributed by atoms with Crippen molar-refractivity contribution in [2.24, 2.45) is 0 Å². The summed E-state index contributed by atoms with van der Waals surface area (Å²) in [7, 11) is 0. The summed E-state index contributed by atoms with van der Waals surface area (Å²) in [6, 6.07) is 40.3. The van der Waals surface area contributed by atoms with E-state index in [-0.39, 0.29) is 6.61 Å². The average Bonchev–Trinajstić information content (AvgIpc) is 2.87. The van der Waals surface area contributed by atoms with Gasteiger partial charge in [0.15, 0.2) is 0 Å². The van der Waals surface area contributed by atoms with Crippen LogP contribution in [0.15, 0.2) is 115 Å². The van der Waals surface area contributed by atoms with E-state index in [9.17, 15) is 0 Å². The fourth-order valence-electron chi connectivity index (χ4n) is 4.25. The minimum Gasteiger partial charge on any atom is -0.491 e. The summed E-state index contributed by atoms with van der Waals surface area (Å²) < 4.78 is 11.1. The summed E-state index contributed by atoms with van der Waals surface area (Å²) in [4.78, 5) is 0. The van der Waals surface area contributed by atoms with E-state index in [0.29, 0.717) is 19.8 Å². The predicted octanol–water partition coefficient (Wildman–Crippen LogP) is 5.46. The van der Waals surface area contributed by atoms with Crippen molar-refractivity contribution in [3.05, 3.63) is 138 Å². The molecule has 0 aromatic heterocycles. The zero-order chi connectivity index (χ0) is 22.1. The Morgan fingerprint density at radius 2 is 0.938 bits per heavy atom. The summed E-state index contributed by atoms with van der Waals surface area (Å²) in [5.41, 5.74) is 4.35. The van der Waals surface area contributed by atoms with Crippen LogP contribution in [0.3, 0.4) is 0 Å². The lowest BCUT2D eigenvalue weighted by Gasteiger charge is -2.36. The second-order valence-electron chi connectivity index (χ2n) is 7.56. The zero-order valence-corrected chi connectivity index (χ0v) is 18.1. The molecule has 0 saturated heterocycles. The molecular formula is C29H28O3. The van der Waals surface area contributed by atoms with Crippen LogP contribution >= 0.6 is 0 Å². The molecule has 0 saturated carbocycles. The van der Waals surface area contributed by atoms with Crippen molar-refractivity contribution in [1.82, 2.24) is 0 Å². The van der Waals surface area contributed by atoms with E-state index in [1.807, 2.05) is 12.1 Å². The molecule has 4 aromatic rings. The van der Waals surface area contributed by atoms with E-state index in [0.717, 1.165) is 5.75 Å². The number of hydrogen-bond donors (Lipinski definition) is 1. The first-order valence-corrected chi connectivity index (χ1v) is 10.9. The molecule has 4 aromatic carbocycles. The monoisotopic (exact) mass is 424 g/mol. The number of aliphatic hydroxyl groups excluding tert-OH is 1. The van der Waals surface area contributed by atoms with Gasteiger partial charge in [-0.1, -0.05) is 103 Å². The molecule has 0 heterocycles. The Morgan fingerprint density at radius 3 is 1.38 bits per heavy atom. The van der Waals surface area contributed by atoms with Gasteiger partial charge in [-0.15, -0.1) is 0 Å². The molecule has 0 bridgehead atoms. The standard InChI is InChI=1S/C29H28O3/c30-20-21-31-22-23-32-28-18-16-27(17-19-28)29(24-10-4-1-5-11-24,25-12-6-2-7-13-25)26-14-8-3-9-15-26/h1-19,30H,20-23H2. The zero-order valence-electron chi connectivity index (χ0n) is 18.1. The highest BCUT2D eigenvalue weighted by Gasteiger charge is 2.38. The molecular weight excluding hydrogens is 396 g/mol. The molecule has 0 aliphatic rings. The maximum Gasteiger partial charge on any atom is 0.119 e. The van der Waals surface area contributed by atoms with Crippen molar-refractivity contribution in [3.8, 4) is 5.75 Å². The molecule has 0 aliphatic carbocycles. The fourth-order valence-corrected chi connectivity index (χ4v) is 4.25. The molecule has 32 heavy (non-hydrogen) atoms. The Hall–Kier alpha value is -3.40. The quantitative estimate of drug-likeness (QED) is 0.271. The van der Waals surface area contributed by atoms with Crippen LogP contribution in [0.4, 0.5) is 0 Å². The lowest BCUT2D eigenvalue weighted by atomic mass is 9.65. The minimum absolute atomic E-state index is 0.0231. The Labute approximate surface area is 189 Å². The van der Waals surface area contributed by atoms with Crippen LogP contribution in [0.5, 0.6) is 5.75 Å². The first-order chi connectivity index (χ1) is 15.9. The molecule has 0 amide bonds. The van der Waals surface area contributed by atoms with Crippen LogP contribution in [-0.2, 0) is 10.2 Å². The van der Waals surface area contributed by atoms with Crippen LogP contribution in [0.2, 0.25) is 0 Å². The first kappa shape index (κ1) is 21.8. The third kappa shape index (κ3) is 4.59. The Bertz CT molecular complexity index is 965. The SMILES string of the molecule is OCCOCCOc1ccc(C(c2ccccc2)(c2ccccc2)c2ccccc2)cc1. The second kappa shape index (κ2) is 10.8. The number of benzene rings is 4. The summed E-state index contributed by atoms with van der Waals surface area (Å²) in [6.07, 6.45) is 0. The van der Waals surface area contributed by atoms with E-state index >= 15 is 0 Å². The topological polar surface area (TPSA) is 38.7 Å². The van der Waals surface area contributed by atoms with Crippen molar-refractivity contribution in [3.63, 3.8) is 0 Å². The highest BCUT2D eigenvalue weighted by Crippen LogP contribution is 2.45. The third-order valence-electron chi connectivity index (χ3n) is 5.64. The molecule has 0 aliphatic heterocycles. The number of aliphatic hydroxyl groups is 1. The maximum absolute atomic E-state index is 8.81. The number of rotatable bonds is 10. The van der Waals surface area contributed by atoms with Crippen LogP contribution in [0.25, 0.3) is 0 Å². The number of ether oxygens (including phenoxy) is 2. The highest BCUT2D eigenvalue weighted by molar-refractivity contribution is 5.60. The molecule has 3 nitrogen and oxygen atoms in total. The highest BCUT2D eigenvalue weighted by atomic mass is 16.5. The van der Waals surface area contributed by atoms with Crippen molar-refractivity contribution >= 4 is 0 Å². The Kier molecular flexibility index (Phi) is 7.34. The van der Waals surface area contributed by atoms with E-state index in [1.54, 1.807) is 0 Å². The van der Waals surface area contributed by atoms with Crippen LogP contribution < -0.4 is 4.74 Å². The Morgan fingerprint density at radius 1 is 0.500 bits per heavy atom. The van der Waals surface area contributed by atoms with Gasteiger partial charge in [0.1, 0.15) is 12.4 Å². The van der Waals surface area contributed by atoms with Gasteiger partial charge in [0.25, 0.3) is 0 Å². The summed E-state index contributed by atoms with van der Waals surface area (Å²) in [5.74, 6) is 0.796. The molecule has 0 spiro atoms. The van der Waals surface area contributed by atoms with E-state index < -0.39 is 5.41 Å². The molecule has 3 heteroatoms. The van der Waals surface area contributed by atoms with Crippen molar-refractivity contribution in [2.75, 3.05) is 26.4 Å². The molecule has 0 unspecified atom stereocenters. The summed E-state index contributed by atoms with van der Waals surface area (Å²) in [6.45, 7) is 1.25. The van der Waals surface area contributed by atoms with Gasteiger partial charge in [-0.25, -0.2) is 0 Å². The van der Waals surface area contributed by atoms with Crippen LogP contribution in [-0.4, -0.2) is 31.5 Å². The molecule has 4 rings (SSSR count). The van der Waals surface area contributed by atoms with Gasteiger partial charge in [-0.3, -0.25) is 0 Å². The third-order valence-corrected chi connectivity index (χ3v) is 5.64. The van der Waals surface area contributed by atoms with Gasteiger partial charge in [0.05, 0.1) is 25.2 Å². The van der Waals surface area contributed by atoms with Gasteiger partial charge in [-0.05, 0) is 34.4 Å². The summed E-state index contributed by atoms with van der Waals surface area (Å²) in [5, 5.41) is 8.81. The van der Waals surface area contributed by atoms with E-state index in [1.165, 1.54) is 22.3 Å². The van der Waals surface area contributed by atoms with Crippen molar-refractivity contribution in [2.45, 2.75) is 5.41 Å². The van der Waals surface area contributed by atoms with Gasteiger partial charge in [0.2, 0.25) is 0 Å². The van der Waals surface area contributed by atoms with Crippen molar-refractivity contribution < 1.29 is 14.6 Å². The normalized spacial score (nSPS) is 11.3. The molecule has 0 radical (unpaired) electrons. The predicted molar refractivity (Wildman–Crippen MR) is 128 cm³/mol. The van der Waals surface area contributed by atoms with Gasteiger partial charge < -0.3 is 14.6 Å². The largest absolute Gasteiger partial charge is 0.491 e. The summed E-state index contributed by atoms with van der Waals surface area (Å²) >= 11 is 0. The molecule has 162 valence electrons. The van der Waals surface area contributed by atoms with Crippen molar-refractivity contribution in [1.29, 1.82) is 0 Å². The van der Waals surface area contributed by atoms with Crippen LogP contribution in [0.1, 0.15) is 22.3 Å². The number of hydrogen-bond acceptors (Lipinski definition) is 3. The maximum atomic E-state index is 8.81. The molecule has 1 N–H and O–H groups in total. The minimum atomic E-state index is -0.452. The lowest BCUT2D eigenvalue weighted by molar-refractivity contribution is 0.0705.